The van der Waals surface area contributed by atoms with Crippen LogP contribution in [-0.2, 0) is 4.74 Å². The summed E-state index contributed by atoms with van der Waals surface area (Å²) in [6.07, 6.45) is -0.348. The van der Waals surface area contributed by atoms with Crippen molar-refractivity contribution in [1.82, 2.24) is 4.90 Å². The smallest absolute Gasteiger partial charge is 0.0900 e. The molecule has 1 aliphatic heterocycles. The number of aliphatic hydroxyl groups is 1. The maximum Gasteiger partial charge on any atom is 0.0900 e. The maximum absolute atomic E-state index is 9.60. The first-order valence-electron chi connectivity index (χ1n) is 5.07. The van der Waals surface area contributed by atoms with Crippen molar-refractivity contribution in [2.75, 3.05) is 39.1 Å². The first kappa shape index (κ1) is 12.3. The lowest BCUT2D eigenvalue weighted by atomic mass is 10.1. The van der Waals surface area contributed by atoms with E-state index in [9.17, 15) is 5.11 Å². The predicted octanol–water partition coefficient (Wildman–Crippen LogP) is 0.821. The molecular formula is C10H21NO2S. The van der Waals surface area contributed by atoms with E-state index in [1.165, 1.54) is 0 Å². The van der Waals surface area contributed by atoms with Crippen molar-refractivity contribution in [2.45, 2.75) is 24.7 Å². The van der Waals surface area contributed by atoms with Gasteiger partial charge in [0.1, 0.15) is 0 Å². The Morgan fingerprint density at radius 1 is 1.57 bits per heavy atom. The van der Waals surface area contributed by atoms with E-state index in [-0.39, 0.29) is 6.10 Å². The molecule has 0 saturated carbocycles. The normalized spacial score (nSPS) is 24.9. The Hall–Kier alpha value is 0.230. The van der Waals surface area contributed by atoms with Crippen LogP contribution in [0.15, 0.2) is 0 Å². The molecule has 84 valence electrons. The molecule has 0 radical (unpaired) electrons. The summed E-state index contributed by atoms with van der Waals surface area (Å²) in [5.74, 6) is 1.16. The highest BCUT2D eigenvalue weighted by Gasteiger charge is 2.27. The van der Waals surface area contributed by atoms with Crippen molar-refractivity contribution in [1.29, 1.82) is 0 Å². The zero-order valence-corrected chi connectivity index (χ0v) is 10.1. The van der Waals surface area contributed by atoms with Crippen molar-refractivity contribution >= 4 is 11.8 Å². The van der Waals surface area contributed by atoms with Crippen LogP contribution < -0.4 is 0 Å². The van der Waals surface area contributed by atoms with E-state index >= 15 is 0 Å². The largest absolute Gasteiger partial charge is 0.389 e. The summed E-state index contributed by atoms with van der Waals surface area (Å²) in [5, 5.41) is 9.60. The van der Waals surface area contributed by atoms with Gasteiger partial charge in [0.2, 0.25) is 0 Å². The number of ether oxygens (including phenoxy) is 1. The number of aliphatic hydroxyl groups excluding tert-OH is 1. The Bertz CT molecular complexity index is 176. The van der Waals surface area contributed by atoms with E-state index in [1.807, 2.05) is 11.8 Å². The summed E-state index contributed by atoms with van der Waals surface area (Å²) >= 11 is 2.01. The third kappa shape index (κ3) is 4.17. The fourth-order valence-electron chi connectivity index (χ4n) is 1.81. The van der Waals surface area contributed by atoms with Gasteiger partial charge in [0.05, 0.1) is 12.7 Å². The van der Waals surface area contributed by atoms with Crippen LogP contribution in [0.3, 0.4) is 0 Å². The van der Waals surface area contributed by atoms with Crippen LogP contribution >= 0.6 is 11.8 Å². The number of rotatable bonds is 4. The van der Waals surface area contributed by atoms with Crippen LogP contribution in [0.4, 0.5) is 0 Å². The number of methoxy groups -OCH3 is 1. The topological polar surface area (TPSA) is 32.7 Å². The van der Waals surface area contributed by atoms with Crippen LogP contribution in [0.5, 0.6) is 0 Å². The summed E-state index contributed by atoms with van der Waals surface area (Å²) in [6.45, 7) is 7.81. The van der Waals surface area contributed by atoms with Crippen LogP contribution in [-0.4, -0.2) is 60.0 Å². The van der Waals surface area contributed by atoms with Crippen LogP contribution in [0.2, 0.25) is 0 Å². The zero-order chi connectivity index (χ0) is 10.6. The first-order valence-corrected chi connectivity index (χ1v) is 6.05. The molecule has 0 aromatic heterocycles. The van der Waals surface area contributed by atoms with Gasteiger partial charge >= 0.3 is 0 Å². The monoisotopic (exact) mass is 219 g/mol. The summed E-state index contributed by atoms with van der Waals surface area (Å²) < 4.78 is 5.24. The average molecular weight is 219 g/mol. The van der Waals surface area contributed by atoms with Crippen LogP contribution in [0, 0.1) is 0 Å². The molecule has 0 aromatic carbocycles. The van der Waals surface area contributed by atoms with E-state index in [0.717, 1.165) is 25.4 Å². The van der Waals surface area contributed by atoms with Gasteiger partial charge in [0, 0.05) is 37.2 Å². The molecule has 14 heavy (non-hydrogen) atoms. The predicted molar refractivity (Wildman–Crippen MR) is 60.9 cm³/mol. The van der Waals surface area contributed by atoms with Crippen molar-refractivity contribution < 1.29 is 9.84 Å². The molecular weight excluding hydrogens is 198 g/mol. The molecule has 3 nitrogen and oxygen atoms in total. The lowest BCUT2D eigenvalue weighted by Crippen LogP contribution is -2.46. The van der Waals surface area contributed by atoms with Gasteiger partial charge in [0.25, 0.3) is 0 Å². The second kappa shape index (κ2) is 5.35. The Morgan fingerprint density at radius 3 is 2.86 bits per heavy atom. The molecule has 0 amide bonds. The summed E-state index contributed by atoms with van der Waals surface area (Å²) in [5.41, 5.74) is 0. The maximum atomic E-state index is 9.60. The van der Waals surface area contributed by atoms with E-state index in [2.05, 4.69) is 18.7 Å². The minimum absolute atomic E-state index is 0.324. The Morgan fingerprint density at radius 2 is 2.29 bits per heavy atom. The highest BCUT2D eigenvalue weighted by atomic mass is 32.2. The molecule has 0 spiro atoms. The highest BCUT2D eigenvalue weighted by molar-refractivity contribution is 8.00. The fraction of sp³-hybridized carbons (Fsp3) is 1.00. The van der Waals surface area contributed by atoms with Crippen molar-refractivity contribution in [3.63, 3.8) is 0 Å². The Balaban J connectivity index is 2.30. The van der Waals surface area contributed by atoms with Gasteiger partial charge in [0.15, 0.2) is 0 Å². The molecule has 1 saturated heterocycles. The van der Waals surface area contributed by atoms with Crippen molar-refractivity contribution in [3.05, 3.63) is 0 Å². The standard InChI is InChI=1S/C10H21NO2S/c1-10(2)8-11(4-5-14-10)6-9(12)7-13-3/h9,12H,4-8H2,1-3H3. The van der Waals surface area contributed by atoms with Gasteiger partial charge in [-0.3, -0.25) is 4.90 Å². The van der Waals surface area contributed by atoms with Crippen LogP contribution in [0.25, 0.3) is 0 Å². The summed E-state index contributed by atoms with van der Waals surface area (Å²) in [6, 6.07) is 0. The lowest BCUT2D eigenvalue weighted by molar-refractivity contribution is 0.0368. The van der Waals surface area contributed by atoms with E-state index in [1.54, 1.807) is 7.11 Å². The van der Waals surface area contributed by atoms with Gasteiger partial charge in [-0.05, 0) is 13.8 Å². The molecule has 1 rings (SSSR count). The minimum Gasteiger partial charge on any atom is -0.389 e. The van der Waals surface area contributed by atoms with Gasteiger partial charge in [-0.25, -0.2) is 0 Å². The minimum atomic E-state index is -0.348. The fourth-order valence-corrected chi connectivity index (χ4v) is 2.99. The molecule has 4 heteroatoms. The second-order valence-electron chi connectivity index (χ2n) is 4.45. The van der Waals surface area contributed by atoms with Crippen molar-refractivity contribution in [2.24, 2.45) is 0 Å². The van der Waals surface area contributed by atoms with Gasteiger partial charge in [-0.1, -0.05) is 0 Å². The number of nitrogens with zero attached hydrogens (tertiary/aromatic N) is 1. The van der Waals surface area contributed by atoms with E-state index < -0.39 is 0 Å². The number of hydrogen-bond donors (Lipinski definition) is 1. The molecule has 0 bridgehead atoms. The third-order valence-electron chi connectivity index (χ3n) is 2.33. The summed E-state index contributed by atoms with van der Waals surface area (Å²) in [7, 11) is 1.62. The van der Waals surface area contributed by atoms with Gasteiger partial charge < -0.3 is 9.84 Å². The van der Waals surface area contributed by atoms with E-state index in [4.69, 9.17) is 4.74 Å². The molecule has 1 fully saturated rings. The molecule has 0 aromatic rings. The zero-order valence-electron chi connectivity index (χ0n) is 9.32. The van der Waals surface area contributed by atoms with Crippen LogP contribution in [0.1, 0.15) is 13.8 Å². The molecule has 1 N–H and O–H groups in total. The van der Waals surface area contributed by atoms with Crippen molar-refractivity contribution in [3.8, 4) is 0 Å². The molecule has 1 unspecified atom stereocenters. The average Bonchev–Trinajstić information content (AvgIpc) is 2.02. The molecule has 0 aliphatic carbocycles. The summed E-state index contributed by atoms with van der Waals surface area (Å²) in [4.78, 5) is 2.32. The second-order valence-corrected chi connectivity index (χ2v) is 6.25. The molecule has 1 aliphatic rings. The Kier molecular flexibility index (Phi) is 4.70. The van der Waals surface area contributed by atoms with Gasteiger partial charge in [-0.2, -0.15) is 11.8 Å². The molecule has 1 heterocycles. The highest BCUT2D eigenvalue weighted by Crippen LogP contribution is 2.29. The number of thioether (sulfide) groups is 1. The van der Waals surface area contributed by atoms with Gasteiger partial charge in [-0.15, -0.1) is 0 Å². The number of hydrogen-bond acceptors (Lipinski definition) is 4. The van der Waals surface area contributed by atoms with E-state index in [0.29, 0.717) is 11.4 Å². The lowest BCUT2D eigenvalue weighted by Gasteiger charge is -2.38. The Labute approximate surface area is 90.8 Å². The SMILES string of the molecule is COCC(O)CN1CCSC(C)(C)C1. The quantitative estimate of drug-likeness (QED) is 0.759. The molecule has 1 atom stereocenters. The number of β-amino-alcohol motifs (C(OH)–C–C–N with tert-alkyl or cyclic N) is 1. The first-order chi connectivity index (χ1) is 6.53. The third-order valence-corrected chi connectivity index (χ3v) is 3.63.